The third-order valence-corrected chi connectivity index (χ3v) is 3.78. The lowest BCUT2D eigenvalue weighted by Crippen LogP contribution is -2.37. The van der Waals surface area contributed by atoms with E-state index in [1.54, 1.807) is 20.8 Å². The van der Waals surface area contributed by atoms with Gasteiger partial charge in [-0.15, -0.1) is 0 Å². The maximum absolute atomic E-state index is 11.7. The number of carbonyl (C=O) groups excluding carboxylic acids is 1. The minimum absolute atomic E-state index is 0.00238. The fourth-order valence-electron chi connectivity index (χ4n) is 2.38. The van der Waals surface area contributed by atoms with Crippen molar-refractivity contribution in [1.82, 2.24) is 0 Å². The molecule has 4 nitrogen and oxygen atoms in total. The second kappa shape index (κ2) is 5.76. The van der Waals surface area contributed by atoms with Crippen LogP contribution in [0.25, 0.3) is 0 Å². The quantitative estimate of drug-likeness (QED) is 0.628. The van der Waals surface area contributed by atoms with Crippen molar-refractivity contribution in [2.75, 3.05) is 6.61 Å². The van der Waals surface area contributed by atoms with Crippen LogP contribution in [0.1, 0.15) is 52.9 Å². The van der Waals surface area contributed by atoms with E-state index in [4.69, 9.17) is 4.74 Å². The molecule has 0 bridgehead atoms. The molecular weight excluding hydrogens is 244 g/mol. The number of carbonyl (C=O) groups is 2. The van der Waals surface area contributed by atoms with E-state index < -0.39 is 16.8 Å². The van der Waals surface area contributed by atoms with Gasteiger partial charge in [-0.2, -0.15) is 0 Å². The highest BCUT2D eigenvalue weighted by Crippen LogP contribution is 2.42. The average Bonchev–Trinajstić information content (AvgIpc) is 2.34. The van der Waals surface area contributed by atoms with Crippen LogP contribution in [-0.2, 0) is 14.3 Å². The Kier molecular flexibility index (Phi) is 4.77. The Balaban J connectivity index is 2.69. The van der Waals surface area contributed by atoms with Crippen LogP contribution < -0.4 is 0 Å². The Morgan fingerprint density at radius 1 is 1.21 bits per heavy atom. The molecule has 0 aliphatic heterocycles. The maximum Gasteiger partial charge on any atom is 0.313 e. The average molecular weight is 268 g/mol. The van der Waals surface area contributed by atoms with Crippen molar-refractivity contribution >= 4 is 11.9 Å². The SMILES string of the molecule is C=C(COC(=O)C(C)(C)C)C1(C(=O)O)CCCCC1. The zero-order chi connectivity index (χ0) is 14.7. The Bertz CT molecular complexity index is 370. The number of carboxylic acids is 1. The Labute approximate surface area is 114 Å². The highest BCUT2D eigenvalue weighted by Gasteiger charge is 2.42. The Morgan fingerprint density at radius 3 is 2.16 bits per heavy atom. The number of aliphatic carboxylic acids is 1. The number of hydrogen-bond acceptors (Lipinski definition) is 3. The highest BCUT2D eigenvalue weighted by molar-refractivity contribution is 5.79. The summed E-state index contributed by atoms with van der Waals surface area (Å²) in [7, 11) is 0. The van der Waals surface area contributed by atoms with E-state index in [0.29, 0.717) is 18.4 Å². The van der Waals surface area contributed by atoms with Crippen molar-refractivity contribution in [1.29, 1.82) is 0 Å². The summed E-state index contributed by atoms with van der Waals surface area (Å²) in [4.78, 5) is 23.3. The van der Waals surface area contributed by atoms with Crippen LogP contribution in [0, 0.1) is 10.8 Å². The lowest BCUT2D eigenvalue weighted by molar-refractivity contribution is -0.155. The Morgan fingerprint density at radius 2 is 1.74 bits per heavy atom. The molecule has 1 fully saturated rings. The summed E-state index contributed by atoms with van der Waals surface area (Å²) >= 11 is 0. The van der Waals surface area contributed by atoms with Crippen LogP contribution in [0.2, 0.25) is 0 Å². The van der Waals surface area contributed by atoms with Gasteiger partial charge in [-0.05, 0) is 39.2 Å². The van der Waals surface area contributed by atoms with Gasteiger partial charge in [-0.25, -0.2) is 0 Å². The predicted molar refractivity (Wildman–Crippen MR) is 72.7 cm³/mol. The second-order valence-corrected chi connectivity index (χ2v) is 6.38. The summed E-state index contributed by atoms with van der Waals surface area (Å²) in [5.41, 5.74) is -0.975. The van der Waals surface area contributed by atoms with Crippen molar-refractivity contribution in [2.24, 2.45) is 10.8 Å². The molecule has 108 valence electrons. The van der Waals surface area contributed by atoms with Crippen molar-refractivity contribution in [3.63, 3.8) is 0 Å². The molecule has 0 spiro atoms. The van der Waals surface area contributed by atoms with Crippen LogP contribution in [0.3, 0.4) is 0 Å². The first-order valence-electron chi connectivity index (χ1n) is 6.79. The molecule has 0 radical (unpaired) electrons. The van der Waals surface area contributed by atoms with Crippen LogP contribution in [0.4, 0.5) is 0 Å². The largest absolute Gasteiger partial charge is 0.481 e. The van der Waals surface area contributed by atoms with Crippen molar-refractivity contribution in [3.05, 3.63) is 12.2 Å². The Hall–Kier alpha value is -1.32. The topological polar surface area (TPSA) is 63.6 Å². The van der Waals surface area contributed by atoms with Crippen LogP contribution in [0.15, 0.2) is 12.2 Å². The third-order valence-electron chi connectivity index (χ3n) is 3.78. The molecule has 0 amide bonds. The first kappa shape index (κ1) is 15.7. The lowest BCUT2D eigenvalue weighted by atomic mass is 9.69. The summed E-state index contributed by atoms with van der Waals surface area (Å²) in [5, 5.41) is 9.48. The van der Waals surface area contributed by atoms with E-state index in [1.165, 1.54) is 0 Å². The molecule has 0 aromatic carbocycles. The van der Waals surface area contributed by atoms with Gasteiger partial charge in [0.25, 0.3) is 0 Å². The fourth-order valence-corrected chi connectivity index (χ4v) is 2.38. The van der Waals surface area contributed by atoms with Crippen LogP contribution in [0.5, 0.6) is 0 Å². The van der Waals surface area contributed by atoms with Gasteiger partial charge in [0.15, 0.2) is 0 Å². The number of carboxylic acid groups (broad SMARTS) is 1. The molecule has 1 rings (SSSR count). The molecule has 4 heteroatoms. The standard InChI is InChI=1S/C15H24O4/c1-11(10-19-13(18)14(2,3)4)15(12(16)17)8-6-5-7-9-15/h1,5-10H2,2-4H3,(H,16,17). The smallest absolute Gasteiger partial charge is 0.313 e. The molecule has 0 saturated heterocycles. The van der Waals surface area contributed by atoms with E-state index >= 15 is 0 Å². The van der Waals surface area contributed by atoms with E-state index in [2.05, 4.69) is 6.58 Å². The van der Waals surface area contributed by atoms with Gasteiger partial charge in [-0.3, -0.25) is 9.59 Å². The number of esters is 1. The van der Waals surface area contributed by atoms with Gasteiger partial charge in [0, 0.05) is 0 Å². The molecule has 0 aromatic rings. The zero-order valence-corrected chi connectivity index (χ0v) is 12.1. The predicted octanol–water partition coefficient (Wildman–Crippen LogP) is 3.17. The minimum Gasteiger partial charge on any atom is -0.481 e. The van der Waals surface area contributed by atoms with Gasteiger partial charge < -0.3 is 9.84 Å². The van der Waals surface area contributed by atoms with E-state index in [-0.39, 0.29) is 12.6 Å². The van der Waals surface area contributed by atoms with Crippen molar-refractivity contribution in [2.45, 2.75) is 52.9 Å². The molecule has 1 aliphatic carbocycles. The monoisotopic (exact) mass is 268 g/mol. The van der Waals surface area contributed by atoms with Crippen LogP contribution >= 0.6 is 0 Å². The number of ether oxygens (including phenoxy) is 1. The van der Waals surface area contributed by atoms with E-state index in [1.807, 2.05) is 0 Å². The second-order valence-electron chi connectivity index (χ2n) is 6.38. The van der Waals surface area contributed by atoms with Gasteiger partial charge in [-0.1, -0.05) is 25.8 Å². The molecule has 0 atom stereocenters. The molecular formula is C15H24O4. The van der Waals surface area contributed by atoms with Crippen molar-refractivity contribution in [3.8, 4) is 0 Å². The van der Waals surface area contributed by atoms with Gasteiger partial charge in [0.2, 0.25) is 0 Å². The molecule has 0 heterocycles. The molecule has 0 unspecified atom stereocenters. The first-order chi connectivity index (χ1) is 8.70. The molecule has 1 saturated carbocycles. The molecule has 19 heavy (non-hydrogen) atoms. The van der Waals surface area contributed by atoms with Gasteiger partial charge in [0.1, 0.15) is 6.61 Å². The van der Waals surface area contributed by atoms with E-state index in [0.717, 1.165) is 19.3 Å². The van der Waals surface area contributed by atoms with E-state index in [9.17, 15) is 14.7 Å². The summed E-state index contributed by atoms with van der Waals surface area (Å²) in [6.07, 6.45) is 4.02. The minimum atomic E-state index is -0.906. The number of hydrogen-bond donors (Lipinski definition) is 1. The van der Waals surface area contributed by atoms with Crippen LogP contribution in [-0.4, -0.2) is 23.7 Å². The maximum atomic E-state index is 11.7. The number of rotatable bonds is 4. The first-order valence-corrected chi connectivity index (χ1v) is 6.79. The zero-order valence-electron chi connectivity index (χ0n) is 12.1. The fraction of sp³-hybridized carbons (Fsp3) is 0.733. The van der Waals surface area contributed by atoms with Crippen molar-refractivity contribution < 1.29 is 19.4 Å². The molecule has 0 aromatic heterocycles. The molecule has 1 aliphatic rings. The lowest BCUT2D eigenvalue weighted by Gasteiger charge is -2.35. The summed E-state index contributed by atoms with van der Waals surface area (Å²) in [5.74, 6) is -1.17. The molecule has 1 N–H and O–H groups in total. The highest BCUT2D eigenvalue weighted by atomic mass is 16.5. The summed E-state index contributed by atoms with van der Waals surface area (Å²) in [6.45, 7) is 9.18. The normalized spacial score (nSPS) is 18.7. The summed E-state index contributed by atoms with van der Waals surface area (Å²) in [6, 6.07) is 0. The third kappa shape index (κ3) is 3.58. The summed E-state index contributed by atoms with van der Waals surface area (Å²) < 4.78 is 5.19. The van der Waals surface area contributed by atoms with Gasteiger partial charge in [0.05, 0.1) is 10.8 Å². The van der Waals surface area contributed by atoms with Gasteiger partial charge >= 0.3 is 11.9 Å².